The molecule has 0 bridgehead atoms. The van der Waals surface area contributed by atoms with Gasteiger partial charge in [-0.3, -0.25) is 4.79 Å². The quantitative estimate of drug-likeness (QED) is 0.759. The number of nitrogens with one attached hydrogen (secondary N) is 2. The topological polar surface area (TPSA) is 78.0 Å². The average Bonchev–Trinajstić information content (AvgIpc) is 2.30. The van der Waals surface area contributed by atoms with Gasteiger partial charge in [0, 0.05) is 12.6 Å². The summed E-state index contributed by atoms with van der Waals surface area (Å²) in [4.78, 5) is 18.1. The first-order valence-corrected chi connectivity index (χ1v) is 6.51. The SMILES string of the molecule is Cc1nc(NCC2(O)CCC(C)CC2)cc(=O)[nH]1. The van der Waals surface area contributed by atoms with Crippen molar-refractivity contribution >= 4 is 5.82 Å². The van der Waals surface area contributed by atoms with Crippen LogP contribution in [-0.4, -0.2) is 27.2 Å². The van der Waals surface area contributed by atoms with Crippen molar-refractivity contribution in [2.45, 2.75) is 45.1 Å². The van der Waals surface area contributed by atoms with Gasteiger partial charge in [0.1, 0.15) is 11.6 Å². The number of rotatable bonds is 3. The van der Waals surface area contributed by atoms with Crippen molar-refractivity contribution in [1.82, 2.24) is 9.97 Å². The Morgan fingerprint density at radius 3 is 2.83 bits per heavy atom. The summed E-state index contributed by atoms with van der Waals surface area (Å²) in [6.45, 7) is 4.41. The molecule has 5 heteroatoms. The summed E-state index contributed by atoms with van der Waals surface area (Å²) in [5.41, 5.74) is -0.834. The zero-order chi connectivity index (χ0) is 13.2. The van der Waals surface area contributed by atoms with Crippen molar-refractivity contribution in [3.63, 3.8) is 0 Å². The highest BCUT2D eigenvalue weighted by Crippen LogP contribution is 2.31. The Balaban J connectivity index is 1.96. The lowest BCUT2D eigenvalue weighted by Crippen LogP contribution is -2.40. The zero-order valence-electron chi connectivity index (χ0n) is 11.0. The van der Waals surface area contributed by atoms with Crippen LogP contribution in [0.2, 0.25) is 0 Å². The van der Waals surface area contributed by atoms with E-state index in [2.05, 4.69) is 22.2 Å². The molecule has 1 fully saturated rings. The molecular weight excluding hydrogens is 230 g/mol. The number of hydrogen-bond acceptors (Lipinski definition) is 4. The molecule has 0 spiro atoms. The molecule has 0 aliphatic heterocycles. The molecule has 0 amide bonds. The highest BCUT2D eigenvalue weighted by atomic mass is 16.3. The summed E-state index contributed by atoms with van der Waals surface area (Å²) in [5.74, 6) is 1.81. The lowest BCUT2D eigenvalue weighted by molar-refractivity contribution is 0.00494. The summed E-state index contributed by atoms with van der Waals surface area (Å²) in [5, 5.41) is 13.5. The Labute approximate surface area is 107 Å². The fraction of sp³-hybridized carbons (Fsp3) is 0.692. The van der Waals surface area contributed by atoms with Crippen LogP contribution >= 0.6 is 0 Å². The number of aromatic nitrogens is 2. The molecule has 1 heterocycles. The van der Waals surface area contributed by atoms with Crippen LogP contribution in [0, 0.1) is 12.8 Å². The first-order chi connectivity index (χ1) is 8.47. The van der Waals surface area contributed by atoms with Gasteiger partial charge in [0.05, 0.1) is 5.60 Å². The van der Waals surface area contributed by atoms with Gasteiger partial charge in [-0.15, -0.1) is 0 Å². The molecule has 1 aliphatic carbocycles. The van der Waals surface area contributed by atoms with Gasteiger partial charge in [-0.1, -0.05) is 6.92 Å². The molecule has 100 valence electrons. The second kappa shape index (κ2) is 5.10. The van der Waals surface area contributed by atoms with Crippen molar-refractivity contribution in [2.24, 2.45) is 5.92 Å². The Kier molecular flexibility index (Phi) is 3.71. The number of H-pyrrole nitrogens is 1. The standard InChI is InChI=1S/C13H21N3O2/c1-9-3-5-13(18,6-4-9)8-14-11-7-12(17)16-10(2)15-11/h7,9,18H,3-6,8H2,1-2H3,(H2,14,15,16,17). The summed E-state index contributed by atoms with van der Waals surface area (Å²) < 4.78 is 0. The van der Waals surface area contributed by atoms with E-state index in [1.54, 1.807) is 6.92 Å². The first kappa shape index (κ1) is 13.1. The van der Waals surface area contributed by atoms with Gasteiger partial charge in [-0.2, -0.15) is 0 Å². The summed E-state index contributed by atoms with van der Waals surface area (Å²) >= 11 is 0. The van der Waals surface area contributed by atoms with Crippen LogP contribution in [0.3, 0.4) is 0 Å². The average molecular weight is 251 g/mol. The highest BCUT2D eigenvalue weighted by molar-refractivity contribution is 5.33. The number of aryl methyl sites for hydroxylation is 1. The first-order valence-electron chi connectivity index (χ1n) is 6.51. The Bertz CT molecular complexity index is 462. The van der Waals surface area contributed by atoms with Crippen LogP contribution in [0.15, 0.2) is 10.9 Å². The molecule has 1 aromatic heterocycles. The van der Waals surface area contributed by atoms with Crippen LogP contribution in [0.4, 0.5) is 5.82 Å². The largest absolute Gasteiger partial charge is 0.388 e. The van der Waals surface area contributed by atoms with E-state index in [9.17, 15) is 9.90 Å². The normalized spacial score (nSPS) is 28.1. The van der Waals surface area contributed by atoms with Crippen molar-refractivity contribution < 1.29 is 5.11 Å². The summed E-state index contributed by atoms with van der Waals surface area (Å²) in [6, 6.07) is 1.42. The third-order valence-corrected chi connectivity index (χ3v) is 3.66. The molecule has 0 unspecified atom stereocenters. The minimum Gasteiger partial charge on any atom is -0.388 e. The van der Waals surface area contributed by atoms with E-state index < -0.39 is 5.60 Å². The predicted molar refractivity (Wildman–Crippen MR) is 70.7 cm³/mol. The Hall–Kier alpha value is -1.36. The van der Waals surface area contributed by atoms with Gasteiger partial charge >= 0.3 is 0 Å². The fourth-order valence-electron chi connectivity index (χ4n) is 2.40. The molecule has 5 nitrogen and oxygen atoms in total. The minimum atomic E-state index is -0.662. The van der Waals surface area contributed by atoms with Crippen LogP contribution < -0.4 is 10.9 Å². The van der Waals surface area contributed by atoms with E-state index in [-0.39, 0.29) is 5.56 Å². The highest BCUT2D eigenvalue weighted by Gasteiger charge is 2.31. The second-order valence-corrected chi connectivity index (χ2v) is 5.48. The summed E-state index contributed by atoms with van der Waals surface area (Å²) in [7, 11) is 0. The number of anilines is 1. The van der Waals surface area contributed by atoms with E-state index in [1.807, 2.05) is 0 Å². The maximum atomic E-state index is 11.3. The molecule has 0 aromatic carbocycles. The minimum absolute atomic E-state index is 0.172. The maximum Gasteiger partial charge on any atom is 0.252 e. The second-order valence-electron chi connectivity index (χ2n) is 5.48. The van der Waals surface area contributed by atoms with Gasteiger partial charge in [-0.05, 0) is 38.5 Å². The number of aromatic amines is 1. The molecule has 0 atom stereocenters. The number of aliphatic hydroxyl groups is 1. The number of nitrogens with zero attached hydrogens (tertiary/aromatic N) is 1. The van der Waals surface area contributed by atoms with Crippen LogP contribution in [0.5, 0.6) is 0 Å². The van der Waals surface area contributed by atoms with E-state index in [1.165, 1.54) is 6.07 Å². The van der Waals surface area contributed by atoms with Gasteiger partial charge in [0.25, 0.3) is 5.56 Å². The molecule has 1 aromatic rings. The van der Waals surface area contributed by atoms with Crippen LogP contribution in [0.25, 0.3) is 0 Å². The van der Waals surface area contributed by atoms with Crippen LogP contribution in [0.1, 0.15) is 38.4 Å². The third kappa shape index (κ3) is 3.32. The molecular formula is C13H21N3O2. The van der Waals surface area contributed by atoms with Gasteiger partial charge in [0.2, 0.25) is 0 Å². The number of hydrogen-bond donors (Lipinski definition) is 3. The van der Waals surface area contributed by atoms with Gasteiger partial charge in [0.15, 0.2) is 0 Å². The van der Waals surface area contributed by atoms with E-state index in [4.69, 9.17) is 0 Å². The molecule has 3 N–H and O–H groups in total. The van der Waals surface area contributed by atoms with E-state index in [0.717, 1.165) is 25.7 Å². The van der Waals surface area contributed by atoms with E-state index in [0.29, 0.717) is 24.1 Å². The third-order valence-electron chi connectivity index (χ3n) is 3.66. The van der Waals surface area contributed by atoms with Gasteiger partial charge in [-0.25, -0.2) is 4.98 Å². The molecule has 2 rings (SSSR count). The van der Waals surface area contributed by atoms with Crippen molar-refractivity contribution in [1.29, 1.82) is 0 Å². The van der Waals surface area contributed by atoms with Crippen LogP contribution in [-0.2, 0) is 0 Å². The maximum absolute atomic E-state index is 11.3. The Morgan fingerprint density at radius 1 is 1.56 bits per heavy atom. The van der Waals surface area contributed by atoms with Gasteiger partial charge < -0.3 is 15.4 Å². The van der Waals surface area contributed by atoms with Crippen molar-refractivity contribution in [2.75, 3.05) is 11.9 Å². The smallest absolute Gasteiger partial charge is 0.252 e. The predicted octanol–water partition coefficient (Wildman–Crippen LogP) is 1.43. The lowest BCUT2D eigenvalue weighted by Gasteiger charge is -2.35. The van der Waals surface area contributed by atoms with E-state index >= 15 is 0 Å². The summed E-state index contributed by atoms with van der Waals surface area (Å²) in [6.07, 6.45) is 3.73. The molecule has 18 heavy (non-hydrogen) atoms. The molecule has 0 saturated heterocycles. The lowest BCUT2D eigenvalue weighted by atomic mass is 9.79. The van der Waals surface area contributed by atoms with Crippen molar-refractivity contribution in [3.8, 4) is 0 Å². The molecule has 0 radical (unpaired) electrons. The molecule has 1 aliphatic rings. The fourth-order valence-corrected chi connectivity index (χ4v) is 2.40. The monoisotopic (exact) mass is 251 g/mol. The Morgan fingerprint density at radius 2 is 2.22 bits per heavy atom. The van der Waals surface area contributed by atoms with Crippen molar-refractivity contribution in [3.05, 3.63) is 22.2 Å². The zero-order valence-corrected chi connectivity index (χ0v) is 11.0. The molecule has 1 saturated carbocycles.